The molecule has 6 nitrogen and oxygen atoms in total. The molecule has 36 heavy (non-hydrogen) atoms. The summed E-state index contributed by atoms with van der Waals surface area (Å²) in [5, 5.41) is 14.9. The van der Waals surface area contributed by atoms with Crippen molar-refractivity contribution in [1.82, 2.24) is 5.32 Å². The van der Waals surface area contributed by atoms with Crippen molar-refractivity contribution in [2.45, 2.75) is 50.2 Å². The lowest BCUT2D eigenvalue weighted by Crippen LogP contribution is -2.57. The Morgan fingerprint density at radius 2 is 1.97 bits per heavy atom. The van der Waals surface area contributed by atoms with E-state index in [0.717, 1.165) is 11.1 Å². The zero-order valence-electron chi connectivity index (χ0n) is 21.0. The van der Waals surface area contributed by atoms with E-state index >= 15 is 0 Å². The maximum absolute atomic E-state index is 14.2. The molecule has 4 unspecified atom stereocenters. The van der Waals surface area contributed by atoms with Crippen LogP contribution in [0.5, 0.6) is 5.75 Å². The van der Waals surface area contributed by atoms with Crippen LogP contribution in [0.25, 0.3) is 0 Å². The molecule has 0 bridgehead atoms. The molecule has 4 rings (SSSR count). The maximum atomic E-state index is 14.2. The first-order chi connectivity index (χ1) is 17.1. The Balaban J connectivity index is 1.69. The van der Waals surface area contributed by atoms with Gasteiger partial charge >= 0.3 is 0 Å². The molecule has 1 aliphatic heterocycles. The molecule has 0 saturated carbocycles. The summed E-state index contributed by atoms with van der Waals surface area (Å²) >= 11 is 0. The Morgan fingerprint density at radius 1 is 1.25 bits per heavy atom. The van der Waals surface area contributed by atoms with Crippen LogP contribution in [0.1, 0.15) is 44.2 Å². The predicted octanol–water partition coefficient (Wildman–Crippen LogP) is 4.19. The maximum Gasteiger partial charge on any atom is 0.253 e. The molecule has 0 saturated heterocycles. The first kappa shape index (κ1) is 25.6. The standard InChI is InChI=1S/C29H32FNO5/c1-18(19-8-6-5-7-9-19)29(34,17-28(2,3)23-14-21(30)11-13-25(23)35-4)27(33)31-24-12-10-20-15-36-16-22(20)26(24)32/h5-15,18,22,24,34H,16-17H2,1-4H3,(H,31,33). The zero-order valence-corrected chi connectivity index (χ0v) is 21.0. The van der Waals surface area contributed by atoms with Crippen LogP contribution in [-0.4, -0.2) is 42.2 Å². The fourth-order valence-electron chi connectivity index (χ4n) is 5.15. The van der Waals surface area contributed by atoms with Crippen molar-refractivity contribution in [2.75, 3.05) is 13.7 Å². The van der Waals surface area contributed by atoms with E-state index in [-0.39, 0.29) is 18.8 Å². The van der Waals surface area contributed by atoms with Gasteiger partial charge in [0.15, 0.2) is 11.4 Å². The van der Waals surface area contributed by atoms with Gasteiger partial charge in [-0.3, -0.25) is 9.59 Å². The molecule has 190 valence electrons. The van der Waals surface area contributed by atoms with Crippen molar-refractivity contribution in [1.29, 1.82) is 0 Å². The quantitative estimate of drug-likeness (QED) is 0.576. The van der Waals surface area contributed by atoms with Crippen molar-refractivity contribution >= 4 is 11.7 Å². The van der Waals surface area contributed by atoms with Gasteiger partial charge in [0.1, 0.15) is 24.2 Å². The minimum absolute atomic E-state index is 0.0516. The molecule has 0 fully saturated rings. The highest BCUT2D eigenvalue weighted by Crippen LogP contribution is 2.43. The third kappa shape index (κ3) is 4.80. The number of fused-ring (bicyclic) bond motifs is 1. The fourth-order valence-corrected chi connectivity index (χ4v) is 5.15. The topological polar surface area (TPSA) is 84.9 Å². The normalized spacial score (nSPS) is 21.6. The van der Waals surface area contributed by atoms with Crippen molar-refractivity contribution in [3.63, 3.8) is 0 Å². The molecule has 1 aliphatic carbocycles. The summed E-state index contributed by atoms with van der Waals surface area (Å²) < 4.78 is 25.0. The van der Waals surface area contributed by atoms with Crippen LogP contribution >= 0.6 is 0 Å². The Morgan fingerprint density at radius 3 is 2.67 bits per heavy atom. The molecule has 7 heteroatoms. The van der Waals surface area contributed by atoms with Gasteiger partial charge in [-0.25, -0.2) is 4.39 Å². The average Bonchev–Trinajstić information content (AvgIpc) is 3.35. The van der Waals surface area contributed by atoms with Crippen LogP contribution in [0.3, 0.4) is 0 Å². The van der Waals surface area contributed by atoms with Crippen molar-refractivity contribution in [3.8, 4) is 5.75 Å². The molecule has 2 aromatic carbocycles. The van der Waals surface area contributed by atoms with Crippen LogP contribution in [0.4, 0.5) is 4.39 Å². The van der Waals surface area contributed by atoms with Gasteiger partial charge in [0.05, 0.1) is 19.3 Å². The van der Waals surface area contributed by atoms with E-state index in [9.17, 15) is 19.1 Å². The molecule has 2 aromatic rings. The van der Waals surface area contributed by atoms with Crippen molar-refractivity contribution < 1.29 is 28.6 Å². The molecule has 4 atom stereocenters. The second-order valence-electron chi connectivity index (χ2n) is 10.2. The summed E-state index contributed by atoms with van der Waals surface area (Å²) in [6.07, 6.45) is 4.89. The molecule has 2 N–H and O–H groups in total. The molecule has 0 radical (unpaired) electrons. The van der Waals surface area contributed by atoms with E-state index in [0.29, 0.717) is 11.3 Å². The number of carbonyl (C=O) groups excluding carboxylic acids is 2. The molecular weight excluding hydrogens is 461 g/mol. The van der Waals surface area contributed by atoms with Gasteiger partial charge in [-0.05, 0) is 35.6 Å². The van der Waals surface area contributed by atoms with Gasteiger partial charge in [0, 0.05) is 17.1 Å². The number of hydrogen-bond acceptors (Lipinski definition) is 5. The number of ketones is 1. The van der Waals surface area contributed by atoms with E-state index in [1.807, 2.05) is 44.2 Å². The lowest BCUT2D eigenvalue weighted by molar-refractivity contribution is -0.146. The van der Waals surface area contributed by atoms with Crippen LogP contribution in [0.15, 0.2) is 72.5 Å². The largest absolute Gasteiger partial charge is 0.500 e. The molecule has 1 amide bonds. The second-order valence-corrected chi connectivity index (χ2v) is 10.2. The summed E-state index contributed by atoms with van der Waals surface area (Å²) in [4.78, 5) is 26.8. The smallest absolute Gasteiger partial charge is 0.253 e. The van der Waals surface area contributed by atoms with E-state index in [1.165, 1.54) is 25.3 Å². The second kappa shape index (κ2) is 9.90. The Bertz CT molecular complexity index is 1210. The number of ether oxygens (including phenoxy) is 2. The summed E-state index contributed by atoms with van der Waals surface area (Å²) in [6.45, 7) is 5.68. The van der Waals surface area contributed by atoms with Crippen LogP contribution < -0.4 is 10.1 Å². The fraction of sp³-hybridized carbons (Fsp3) is 0.379. The number of benzene rings is 2. The summed E-state index contributed by atoms with van der Waals surface area (Å²) in [5.41, 5.74) is -0.735. The predicted molar refractivity (Wildman–Crippen MR) is 134 cm³/mol. The number of halogens is 1. The van der Waals surface area contributed by atoms with Crippen LogP contribution in [0.2, 0.25) is 0 Å². The lowest BCUT2D eigenvalue weighted by Gasteiger charge is -2.40. The number of allylic oxidation sites excluding steroid dienone is 1. The Labute approximate surface area is 210 Å². The van der Waals surface area contributed by atoms with Gasteiger partial charge in [0.25, 0.3) is 5.91 Å². The van der Waals surface area contributed by atoms with E-state index in [2.05, 4.69) is 5.32 Å². The third-order valence-electron chi connectivity index (χ3n) is 7.31. The molecular formula is C29H32FNO5. The highest BCUT2D eigenvalue weighted by molar-refractivity contribution is 5.98. The number of methoxy groups -OCH3 is 1. The zero-order chi connectivity index (χ0) is 26.1. The third-order valence-corrected chi connectivity index (χ3v) is 7.31. The minimum Gasteiger partial charge on any atom is -0.500 e. The van der Waals surface area contributed by atoms with Gasteiger partial charge in [-0.1, -0.05) is 63.3 Å². The van der Waals surface area contributed by atoms with Gasteiger partial charge < -0.3 is 19.9 Å². The van der Waals surface area contributed by atoms with Crippen molar-refractivity contribution in [3.05, 3.63) is 89.5 Å². The van der Waals surface area contributed by atoms with E-state index < -0.39 is 40.6 Å². The summed E-state index contributed by atoms with van der Waals surface area (Å²) in [6, 6.07) is 12.5. The number of hydrogen-bond donors (Lipinski definition) is 2. The number of rotatable bonds is 8. The SMILES string of the molecule is COc1ccc(F)cc1C(C)(C)CC(O)(C(=O)NC1C=CC2=COCC2C1=O)C(C)c1ccccc1. The van der Waals surface area contributed by atoms with E-state index in [4.69, 9.17) is 9.47 Å². The number of nitrogens with one attached hydrogen (secondary N) is 1. The monoisotopic (exact) mass is 493 g/mol. The molecule has 0 spiro atoms. The van der Waals surface area contributed by atoms with Gasteiger partial charge in [-0.2, -0.15) is 0 Å². The Kier molecular flexibility index (Phi) is 7.05. The lowest BCUT2D eigenvalue weighted by atomic mass is 9.69. The number of aliphatic hydroxyl groups is 1. The number of amides is 1. The minimum atomic E-state index is -1.93. The summed E-state index contributed by atoms with van der Waals surface area (Å²) in [7, 11) is 1.49. The van der Waals surface area contributed by atoms with Crippen LogP contribution in [-0.2, 0) is 19.7 Å². The first-order valence-electron chi connectivity index (χ1n) is 12.0. The molecule has 2 aliphatic rings. The molecule has 1 heterocycles. The highest BCUT2D eigenvalue weighted by Gasteiger charge is 2.48. The van der Waals surface area contributed by atoms with Gasteiger partial charge in [-0.15, -0.1) is 0 Å². The first-order valence-corrected chi connectivity index (χ1v) is 12.0. The summed E-state index contributed by atoms with van der Waals surface area (Å²) in [5.74, 6) is -1.91. The number of carbonyl (C=O) groups is 2. The van der Waals surface area contributed by atoms with Gasteiger partial charge in [0.2, 0.25) is 0 Å². The van der Waals surface area contributed by atoms with Crippen LogP contribution in [0, 0.1) is 11.7 Å². The van der Waals surface area contributed by atoms with Crippen molar-refractivity contribution in [2.24, 2.45) is 5.92 Å². The number of Topliss-reactive ketones (excluding diaryl/α,β-unsaturated/α-hetero) is 1. The Hall–Kier alpha value is -3.45. The van der Waals surface area contributed by atoms with E-state index in [1.54, 1.807) is 25.3 Å². The highest BCUT2D eigenvalue weighted by atomic mass is 19.1. The average molecular weight is 494 g/mol. The molecule has 0 aromatic heterocycles.